The predicted octanol–water partition coefficient (Wildman–Crippen LogP) is 1.99. The van der Waals surface area contributed by atoms with E-state index in [1.807, 2.05) is 0 Å². The summed E-state index contributed by atoms with van der Waals surface area (Å²) >= 11 is 0. The van der Waals surface area contributed by atoms with Gasteiger partial charge in [-0.05, 0) is 20.8 Å². The number of likely N-dealkylation sites (tertiary alicyclic amines) is 1. The first-order chi connectivity index (χ1) is 8.89. The van der Waals surface area contributed by atoms with Crippen LogP contribution in [0.15, 0.2) is 0 Å². The molecule has 0 spiro atoms. The average Bonchev–Trinajstić information content (AvgIpc) is 2.56. The lowest BCUT2D eigenvalue weighted by Gasteiger charge is -2.26. The smallest absolute Gasteiger partial charge is 0.480 e. The lowest BCUT2D eigenvalue weighted by atomic mass is 10.2. The maximum atomic E-state index is 12.1. The van der Waals surface area contributed by atoms with E-state index in [-0.39, 0.29) is 0 Å². The third kappa shape index (κ3) is 4.87. The molecule has 0 aromatic rings. The summed E-state index contributed by atoms with van der Waals surface area (Å²) in [6.45, 7) is 4.23. The normalized spacial score (nSPS) is 23.8. The lowest BCUT2D eigenvalue weighted by molar-refractivity contribution is -0.340. The van der Waals surface area contributed by atoms with Gasteiger partial charge in [-0.3, -0.25) is 9.64 Å². The van der Waals surface area contributed by atoms with Crippen molar-refractivity contribution in [2.45, 2.75) is 51.3 Å². The molecule has 9 heteroatoms. The Morgan fingerprint density at radius 3 is 2.20 bits per heavy atom. The number of amides is 1. The number of carboxylic acid groups (broad SMARTS) is 1. The number of hydrogen-bond acceptors (Lipinski definition) is 4. The highest BCUT2D eigenvalue weighted by atomic mass is 19.4. The fraction of sp³-hybridized carbons (Fsp3) is 0.818. The van der Waals surface area contributed by atoms with E-state index < -0.39 is 49.1 Å². The minimum atomic E-state index is -4.88. The van der Waals surface area contributed by atoms with Gasteiger partial charge < -0.3 is 9.84 Å². The van der Waals surface area contributed by atoms with Crippen molar-refractivity contribution in [3.63, 3.8) is 0 Å². The van der Waals surface area contributed by atoms with E-state index in [0.717, 1.165) is 4.90 Å². The first-order valence-electron chi connectivity index (χ1n) is 5.86. The van der Waals surface area contributed by atoms with Crippen LogP contribution in [-0.2, 0) is 14.3 Å². The first kappa shape index (κ1) is 16.5. The van der Waals surface area contributed by atoms with E-state index in [1.165, 1.54) is 0 Å². The summed E-state index contributed by atoms with van der Waals surface area (Å²) in [5.41, 5.74) is -0.872. The highest BCUT2D eigenvalue weighted by Crippen LogP contribution is 2.28. The zero-order valence-electron chi connectivity index (χ0n) is 11.2. The highest BCUT2D eigenvalue weighted by molar-refractivity contribution is 5.81. The van der Waals surface area contributed by atoms with Crippen LogP contribution in [0.25, 0.3) is 0 Å². The van der Waals surface area contributed by atoms with E-state index in [2.05, 4.69) is 4.74 Å². The van der Waals surface area contributed by atoms with Gasteiger partial charge in [0.2, 0.25) is 0 Å². The van der Waals surface area contributed by atoms with Crippen molar-refractivity contribution in [3.8, 4) is 0 Å². The summed E-state index contributed by atoms with van der Waals surface area (Å²) in [5.74, 6) is -1.40. The summed E-state index contributed by atoms with van der Waals surface area (Å²) in [5, 5.41) is 8.96. The number of carboxylic acids is 1. The van der Waals surface area contributed by atoms with Crippen molar-refractivity contribution in [1.82, 2.24) is 4.90 Å². The molecule has 0 unspecified atom stereocenters. The molecule has 6 nitrogen and oxygen atoms in total. The Morgan fingerprint density at radius 2 is 1.80 bits per heavy atom. The summed E-state index contributed by atoms with van der Waals surface area (Å²) in [7, 11) is 0. The molecule has 0 saturated carbocycles. The molecule has 116 valence electrons. The molecule has 1 rings (SSSR count). The van der Waals surface area contributed by atoms with Gasteiger partial charge in [-0.2, -0.15) is 0 Å². The Hall–Kier alpha value is -1.51. The minimum Gasteiger partial charge on any atom is -0.480 e. The van der Waals surface area contributed by atoms with Crippen molar-refractivity contribution in [2.75, 3.05) is 6.54 Å². The number of alkyl halides is 3. The number of carbonyl (C=O) groups excluding carboxylic acids is 1. The van der Waals surface area contributed by atoms with Crippen molar-refractivity contribution < 1.29 is 37.3 Å². The highest BCUT2D eigenvalue weighted by Gasteiger charge is 2.46. The standard InChI is InChI=1S/C11H16F3NO5/c1-10(2,3)20-9(18)15-5-6(19-11(12,13)14)4-7(15)8(16)17/h6-7H,4-5H2,1-3H3,(H,16,17)/t6-,7-/m1/s1. The van der Waals surface area contributed by atoms with E-state index >= 15 is 0 Å². The third-order valence-electron chi connectivity index (χ3n) is 2.48. The SMILES string of the molecule is CC(C)(C)OC(=O)N1C[C@H](OC(F)(F)F)C[C@@H]1C(=O)O. The average molecular weight is 299 g/mol. The van der Waals surface area contributed by atoms with Gasteiger partial charge in [-0.1, -0.05) is 0 Å². The van der Waals surface area contributed by atoms with Crippen LogP contribution in [0.1, 0.15) is 27.2 Å². The topological polar surface area (TPSA) is 76.1 Å². The van der Waals surface area contributed by atoms with Crippen molar-refractivity contribution >= 4 is 12.1 Å². The Balaban J connectivity index is 2.78. The molecule has 1 amide bonds. The molecule has 0 aromatic heterocycles. The second-order valence-corrected chi connectivity index (χ2v) is 5.41. The van der Waals surface area contributed by atoms with Gasteiger partial charge in [0.15, 0.2) is 0 Å². The Morgan fingerprint density at radius 1 is 1.25 bits per heavy atom. The number of hydrogen-bond donors (Lipinski definition) is 1. The molecule has 1 aliphatic heterocycles. The van der Waals surface area contributed by atoms with Crippen LogP contribution in [0.4, 0.5) is 18.0 Å². The second kappa shape index (κ2) is 5.47. The van der Waals surface area contributed by atoms with Crippen LogP contribution in [0.5, 0.6) is 0 Å². The molecule has 1 saturated heterocycles. The molecular formula is C11H16F3NO5. The zero-order chi connectivity index (χ0) is 15.7. The Bertz CT molecular complexity index is 391. The van der Waals surface area contributed by atoms with Gasteiger partial charge in [0.05, 0.1) is 12.6 Å². The van der Waals surface area contributed by atoms with Gasteiger partial charge in [0, 0.05) is 6.42 Å². The molecular weight excluding hydrogens is 283 g/mol. The van der Waals surface area contributed by atoms with Crippen LogP contribution >= 0.6 is 0 Å². The second-order valence-electron chi connectivity index (χ2n) is 5.41. The quantitative estimate of drug-likeness (QED) is 0.844. The van der Waals surface area contributed by atoms with E-state index in [9.17, 15) is 22.8 Å². The summed E-state index contributed by atoms with van der Waals surface area (Å²) in [6.07, 6.45) is -7.70. The number of aliphatic carboxylic acids is 1. The summed E-state index contributed by atoms with van der Waals surface area (Å²) in [6, 6.07) is -1.39. The number of nitrogens with zero attached hydrogens (tertiary/aromatic N) is 1. The van der Waals surface area contributed by atoms with Crippen LogP contribution in [-0.4, -0.2) is 52.7 Å². The molecule has 1 N–H and O–H groups in total. The fourth-order valence-electron chi connectivity index (χ4n) is 1.83. The van der Waals surface area contributed by atoms with Crippen molar-refractivity contribution in [3.05, 3.63) is 0 Å². The maximum absolute atomic E-state index is 12.1. The molecule has 2 atom stereocenters. The fourth-order valence-corrected chi connectivity index (χ4v) is 1.83. The molecule has 0 aliphatic carbocycles. The van der Waals surface area contributed by atoms with Crippen LogP contribution in [0.3, 0.4) is 0 Å². The lowest BCUT2D eigenvalue weighted by Crippen LogP contribution is -2.43. The Labute approximate surface area is 113 Å². The molecule has 1 fully saturated rings. The van der Waals surface area contributed by atoms with E-state index in [0.29, 0.717) is 0 Å². The molecule has 0 radical (unpaired) electrons. The molecule has 1 heterocycles. The van der Waals surface area contributed by atoms with Crippen LogP contribution in [0.2, 0.25) is 0 Å². The number of rotatable bonds is 2. The molecule has 0 bridgehead atoms. The monoisotopic (exact) mass is 299 g/mol. The van der Waals surface area contributed by atoms with Gasteiger partial charge >= 0.3 is 18.4 Å². The van der Waals surface area contributed by atoms with Crippen LogP contribution < -0.4 is 0 Å². The summed E-state index contributed by atoms with van der Waals surface area (Å²) < 4.78 is 45.1. The maximum Gasteiger partial charge on any atom is 0.522 e. The third-order valence-corrected chi connectivity index (χ3v) is 2.48. The van der Waals surface area contributed by atoms with Gasteiger partial charge in [0.25, 0.3) is 0 Å². The molecule has 1 aliphatic rings. The van der Waals surface area contributed by atoms with E-state index in [4.69, 9.17) is 9.84 Å². The van der Waals surface area contributed by atoms with Gasteiger partial charge in [0.1, 0.15) is 11.6 Å². The first-order valence-corrected chi connectivity index (χ1v) is 5.86. The van der Waals surface area contributed by atoms with Crippen molar-refractivity contribution in [2.24, 2.45) is 0 Å². The largest absolute Gasteiger partial charge is 0.522 e. The zero-order valence-corrected chi connectivity index (χ0v) is 11.2. The number of ether oxygens (including phenoxy) is 2. The molecule has 0 aromatic carbocycles. The van der Waals surface area contributed by atoms with Gasteiger partial charge in [-0.15, -0.1) is 13.2 Å². The van der Waals surface area contributed by atoms with Crippen LogP contribution in [0, 0.1) is 0 Å². The minimum absolute atomic E-state index is 0.436. The Kier molecular flexibility index (Phi) is 4.52. The van der Waals surface area contributed by atoms with E-state index in [1.54, 1.807) is 20.8 Å². The predicted molar refractivity (Wildman–Crippen MR) is 59.9 cm³/mol. The van der Waals surface area contributed by atoms with Gasteiger partial charge in [-0.25, -0.2) is 9.59 Å². The molecule has 20 heavy (non-hydrogen) atoms. The van der Waals surface area contributed by atoms with Crippen molar-refractivity contribution in [1.29, 1.82) is 0 Å². The number of halogens is 3. The number of carbonyl (C=O) groups is 2. The summed E-state index contributed by atoms with van der Waals surface area (Å²) in [4.78, 5) is 23.5.